The van der Waals surface area contributed by atoms with Crippen molar-refractivity contribution in [2.24, 2.45) is 0 Å². The van der Waals surface area contributed by atoms with E-state index in [1.54, 1.807) is 32.2 Å². The van der Waals surface area contributed by atoms with Crippen molar-refractivity contribution in [1.82, 2.24) is 4.72 Å². The summed E-state index contributed by atoms with van der Waals surface area (Å²) in [6.07, 6.45) is 0. The van der Waals surface area contributed by atoms with E-state index in [4.69, 9.17) is 4.74 Å². The summed E-state index contributed by atoms with van der Waals surface area (Å²) in [6.45, 7) is 1.86. The zero-order valence-electron chi connectivity index (χ0n) is 10.6. The first kappa shape index (κ1) is 13.6. The fourth-order valence-corrected chi connectivity index (χ4v) is 2.66. The van der Waals surface area contributed by atoms with Crippen molar-refractivity contribution in [3.05, 3.63) is 18.2 Å². The van der Waals surface area contributed by atoms with Gasteiger partial charge in [-0.05, 0) is 12.1 Å². The number of carbonyl (C=O) groups is 1. The van der Waals surface area contributed by atoms with E-state index in [1.807, 2.05) is 0 Å². The van der Waals surface area contributed by atoms with E-state index in [-0.39, 0.29) is 19.1 Å². The van der Waals surface area contributed by atoms with Gasteiger partial charge in [0.1, 0.15) is 0 Å². The maximum atomic E-state index is 11.7. The molecule has 104 valence electrons. The molecule has 1 aromatic carbocycles. The second-order valence-corrected chi connectivity index (χ2v) is 5.50. The Balaban J connectivity index is 2.37. The molecule has 0 saturated heterocycles. The minimum atomic E-state index is -3.63. The summed E-state index contributed by atoms with van der Waals surface area (Å²) in [5.41, 5.74) is 0.839. The summed E-state index contributed by atoms with van der Waals surface area (Å²) < 4.78 is 33.4. The van der Waals surface area contributed by atoms with Gasteiger partial charge in [0.15, 0.2) is 12.4 Å². The number of carbonyl (C=O) groups excluding carboxylic acids is 1. The number of anilines is 2. The highest BCUT2D eigenvalue weighted by Crippen LogP contribution is 2.38. The molecule has 7 nitrogen and oxygen atoms in total. The summed E-state index contributed by atoms with van der Waals surface area (Å²) in [6, 6.07) is 4.93. The molecule has 0 saturated carbocycles. The van der Waals surface area contributed by atoms with Gasteiger partial charge in [0.2, 0.25) is 0 Å². The molecule has 0 atom stereocenters. The van der Waals surface area contributed by atoms with Crippen LogP contribution in [-0.2, 0) is 15.0 Å². The van der Waals surface area contributed by atoms with E-state index in [0.717, 1.165) is 0 Å². The number of hydrogen-bond acceptors (Lipinski definition) is 4. The summed E-state index contributed by atoms with van der Waals surface area (Å²) in [5.74, 6) is 0.172. The van der Waals surface area contributed by atoms with Gasteiger partial charge in [-0.3, -0.25) is 9.52 Å². The predicted octanol–water partition coefficient (Wildman–Crippen LogP) is 0.308. The number of para-hydroxylation sites is 1. The van der Waals surface area contributed by atoms with E-state index in [2.05, 4.69) is 9.44 Å². The SMILES string of the molecule is CCNS(=O)(=O)Nc1cccc2c1OCC(=O)N2C. The first-order valence-corrected chi connectivity index (χ1v) is 7.22. The van der Waals surface area contributed by atoms with E-state index in [9.17, 15) is 13.2 Å². The molecule has 1 amide bonds. The lowest BCUT2D eigenvalue weighted by molar-refractivity contribution is -0.120. The van der Waals surface area contributed by atoms with E-state index in [1.165, 1.54) is 4.90 Å². The maximum absolute atomic E-state index is 11.7. The molecule has 1 aromatic rings. The number of ether oxygens (including phenoxy) is 1. The molecule has 8 heteroatoms. The lowest BCUT2D eigenvalue weighted by Gasteiger charge is -2.27. The Morgan fingerprint density at radius 3 is 2.84 bits per heavy atom. The van der Waals surface area contributed by atoms with Crippen LogP contribution in [0.2, 0.25) is 0 Å². The molecule has 0 aromatic heterocycles. The molecule has 1 aliphatic rings. The number of benzene rings is 1. The summed E-state index contributed by atoms with van der Waals surface area (Å²) in [4.78, 5) is 12.9. The Morgan fingerprint density at radius 2 is 2.16 bits per heavy atom. The van der Waals surface area contributed by atoms with Gasteiger partial charge >= 0.3 is 0 Å². The number of rotatable bonds is 4. The van der Waals surface area contributed by atoms with Gasteiger partial charge in [-0.15, -0.1) is 0 Å². The Kier molecular flexibility index (Phi) is 3.63. The van der Waals surface area contributed by atoms with Crippen LogP contribution in [0.3, 0.4) is 0 Å². The summed E-state index contributed by atoms with van der Waals surface area (Å²) >= 11 is 0. The topological polar surface area (TPSA) is 87.7 Å². The maximum Gasteiger partial charge on any atom is 0.299 e. The molecule has 2 rings (SSSR count). The zero-order valence-corrected chi connectivity index (χ0v) is 11.5. The molecule has 0 fully saturated rings. The van der Waals surface area contributed by atoms with Crippen molar-refractivity contribution in [2.45, 2.75) is 6.92 Å². The van der Waals surface area contributed by atoms with Crippen LogP contribution in [0.1, 0.15) is 6.92 Å². The molecule has 0 unspecified atom stereocenters. The van der Waals surface area contributed by atoms with Gasteiger partial charge in [-0.1, -0.05) is 13.0 Å². The molecule has 1 heterocycles. The third-order valence-corrected chi connectivity index (χ3v) is 3.81. The monoisotopic (exact) mass is 285 g/mol. The van der Waals surface area contributed by atoms with Gasteiger partial charge in [0, 0.05) is 13.6 Å². The van der Waals surface area contributed by atoms with Crippen LogP contribution in [0.5, 0.6) is 5.75 Å². The minimum Gasteiger partial charge on any atom is -0.479 e. The number of likely N-dealkylation sites (N-methyl/N-ethyl adjacent to an activating group) is 1. The van der Waals surface area contributed by atoms with E-state index >= 15 is 0 Å². The third kappa shape index (κ3) is 2.79. The summed E-state index contributed by atoms with van der Waals surface area (Å²) in [5, 5.41) is 0. The predicted molar refractivity (Wildman–Crippen MR) is 71.6 cm³/mol. The smallest absolute Gasteiger partial charge is 0.299 e. The highest BCUT2D eigenvalue weighted by Gasteiger charge is 2.25. The highest BCUT2D eigenvalue weighted by molar-refractivity contribution is 7.90. The Morgan fingerprint density at radius 1 is 1.42 bits per heavy atom. The number of amides is 1. The normalized spacial score (nSPS) is 14.8. The first-order chi connectivity index (χ1) is 8.94. The molecule has 0 aliphatic carbocycles. The largest absolute Gasteiger partial charge is 0.479 e. The van der Waals surface area contributed by atoms with Crippen molar-refractivity contribution in [3.8, 4) is 5.75 Å². The van der Waals surface area contributed by atoms with Crippen molar-refractivity contribution >= 4 is 27.5 Å². The number of fused-ring (bicyclic) bond motifs is 1. The molecule has 0 radical (unpaired) electrons. The van der Waals surface area contributed by atoms with Crippen molar-refractivity contribution in [3.63, 3.8) is 0 Å². The standard InChI is InChI=1S/C11H15N3O4S/c1-3-12-19(16,17)13-8-5-4-6-9-11(8)18-7-10(15)14(9)2/h4-6,12-13H,3,7H2,1-2H3. The van der Waals surface area contributed by atoms with Crippen LogP contribution in [0.25, 0.3) is 0 Å². The van der Waals surface area contributed by atoms with Crippen LogP contribution in [0.15, 0.2) is 18.2 Å². The van der Waals surface area contributed by atoms with Crippen LogP contribution >= 0.6 is 0 Å². The van der Waals surface area contributed by atoms with Crippen LogP contribution < -0.4 is 19.1 Å². The Bertz CT molecular complexity index is 600. The van der Waals surface area contributed by atoms with Gasteiger partial charge in [-0.2, -0.15) is 13.1 Å². The van der Waals surface area contributed by atoms with E-state index < -0.39 is 10.2 Å². The zero-order chi connectivity index (χ0) is 14.0. The first-order valence-electron chi connectivity index (χ1n) is 5.74. The van der Waals surface area contributed by atoms with Gasteiger partial charge in [-0.25, -0.2) is 0 Å². The van der Waals surface area contributed by atoms with Gasteiger partial charge in [0.05, 0.1) is 11.4 Å². The highest BCUT2D eigenvalue weighted by atomic mass is 32.2. The fraction of sp³-hybridized carbons (Fsp3) is 0.364. The second kappa shape index (κ2) is 5.06. The van der Waals surface area contributed by atoms with Gasteiger partial charge in [0.25, 0.3) is 16.1 Å². The molecule has 1 aliphatic heterocycles. The van der Waals surface area contributed by atoms with Crippen molar-refractivity contribution < 1.29 is 17.9 Å². The third-order valence-electron chi connectivity index (χ3n) is 2.65. The lowest BCUT2D eigenvalue weighted by atomic mass is 10.2. The molecular formula is C11H15N3O4S. The summed E-state index contributed by atoms with van der Waals surface area (Å²) in [7, 11) is -2.02. The van der Waals surface area contributed by atoms with Crippen molar-refractivity contribution in [2.75, 3.05) is 29.8 Å². The van der Waals surface area contributed by atoms with Crippen LogP contribution in [0, 0.1) is 0 Å². The van der Waals surface area contributed by atoms with Crippen molar-refractivity contribution in [1.29, 1.82) is 0 Å². The van der Waals surface area contributed by atoms with E-state index in [0.29, 0.717) is 17.1 Å². The molecular weight excluding hydrogens is 270 g/mol. The minimum absolute atomic E-state index is 0.108. The van der Waals surface area contributed by atoms with Gasteiger partial charge < -0.3 is 9.64 Å². The average Bonchev–Trinajstić information content (AvgIpc) is 2.34. The Labute approximate surface area is 111 Å². The molecule has 0 spiro atoms. The fourth-order valence-electron chi connectivity index (χ4n) is 1.76. The lowest BCUT2D eigenvalue weighted by Crippen LogP contribution is -2.36. The molecule has 0 bridgehead atoms. The Hall–Kier alpha value is -1.80. The number of nitrogens with zero attached hydrogens (tertiary/aromatic N) is 1. The van der Waals surface area contributed by atoms with Crippen LogP contribution in [-0.4, -0.2) is 34.5 Å². The second-order valence-electron chi connectivity index (χ2n) is 4.00. The average molecular weight is 285 g/mol. The number of hydrogen-bond donors (Lipinski definition) is 2. The molecule has 2 N–H and O–H groups in total. The van der Waals surface area contributed by atoms with Crippen LogP contribution in [0.4, 0.5) is 11.4 Å². The molecule has 19 heavy (non-hydrogen) atoms. The number of nitrogens with one attached hydrogen (secondary N) is 2. The quantitative estimate of drug-likeness (QED) is 0.833.